The van der Waals surface area contributed by atoms with Gasteiger partial charge in [-0.05, 0) is 87.1 Å². The zero-order chi connectivity index (χ0) is 38.2. The van der Waals surface area contributed by atoms with Crippen LogP contribution in [0, 0.1) is 0 Å². The fourth-order valence-corrected chi connectivity index (χ4v) is 8.74. The standard InChI is InChI=1S/C53H33N3O2/c1-3-11-32(12-4-1)35-19-20-37-28-38(22-21-36(37)27-35)51-54-52(39-23-25-43-47(30-39)58-46-26-24-34-15-7-8-16-41(34)49(43)46)56-53(55-51)40-29-44(33-13-5-2-6-14-33)50-42-17-9-10-18-45(42)57-48(50)31-40/h1-11,13-32H,12H2. The minimum atomic E-state index is 0.385. The summed E-state index contributed by atoms with van der Waals surface area (Å²) < 4.78 is 13.0. The van der Waals surface area contributed by atoms with E-state index in [-0.39, 0.29) is 0 Å². The molecular weight excluding hydrogens is 711 g/mol. The van der Waals surface area contributed by atoms with Crippen LogP contribution in [0.3, 0.4) is 0 Å². The Kier molecular flexibility index (Phi) is 7.29. The molecule has 12 rings (SSSR count). The van der Waals surface area contributed by atoms with E-state index >= 15 is 0 Å². The average Bonchev–Trinajstić information content (AvgIpc) is 3.87. The fourth-order valence-electron chi connectivity index (χ4n) is 8.74. The quantitative estimate of drug-likeness (QED) is 0.176. The maximum Gasteiger partial charge on any atom is 0.164 e. The Morgan fingerprint density at radius 2 is 1.09 bits per heavy atom. The second-order valence-corrected chi connectivity index (χ2v) is 15.1. The summed E-state index contributed by atoms with van der Waals surface area (Å²) in [7, 11) is 0. The molecule has 3 heterocycles. The maximum atomic E-state index is 6.52. The predicted molar refractivity (Wildman–Crippen MR) is 237 cm³/mol. The van der Waals surface area contributed by atoms with Gasteiger partial charge in [-0.3, -0.25) is 0 Å². The van der Waals surface area contributed by atoms with Gasteiger partial charge in [0.2, 0.25) is 0 Å². The highest BCUT2D eigenvalue weighted by molar-refractivity contribution is 6.19. The lowest BCUT2D eigenvalue weighted by molar-refractivity contribution is 0.669. The molecule has 11 aromatic rings. The molecule has 0 bridgehead atoms. The Labute approximate surface area is 333 Å². The summed E-state index contributed by atoms with van der Waals surface area (Å²) in [5, 5.41) is 8.97. The third kappa shape index (κ3) is 5.35. The van der Waals surface area contributed by atoms with Crippen molar-refractivity contribution >= 4 is 65.4 Å². The first-order valence-corrected chi connectivity index (χ1v) is 19.7. The largest absolute Gasteiger partial charge is 0.456 e. The zero-order valence-corrected chi connectivity index (χ0v) is 31.3. The molecule has 0 aliphatic heterocycles. The van der Waals surface area contributed by atoms with E-state index < -0.39 is 0 Å². The summed E-state index contributed by atoms with van der Waals surface area (Å²) in [5.74, 6) is 2.09. The van der Waals surface area contributed by atoms with E-state index in [1.165, 1.54) is 21.7 Å². The van der Waals surface area contributed by atoms with Gasteiger partial charge in [0, 0.05) is 44.2 Å². The van der Waals surface area contributed by atoms with E-state index in [4.69, 9.17) is 23.8 Å². The van der Waals surface area contributed by atoms with Crippen LogP contribution in [0.5, 0.6) is 0 Å². The molecule has 8 aromatic carbocycles. The van der Waals surface area contributed by atoms with Crippen molar-refractivity contribution in [3.8, 4) is 45.3 Å². The van der Waals surface area contributed by atoms with E-state index in [0.29, 0.717) is 23.4 Å². The van der Waals surface area contributed by atoms with Crippen molar-refractivity contribution in [3.05, 3.63) is 188 Å². The molecule has 0 saturated carbocycles. The van der Waals surface area contributed by atoms with Crippen molar-refractivity contribution in [2.24, 2.45) is 0 Å². The van der Waals surface area contributed by atoms with E-state index in [9.17, 15) is 0 Å². The number of benzene rings is 8. The number of rotatable bonds is 5. The number of allylic oxidation sites excluding steroid dienone is 4. The Morgan fingerprint density at radius 3 is 1.95 bits per heavy atom. The lowest BCUT2D eigenvalue weighted by Crippen LogP contribution is -2.00. The lowest BCUT2D eigenvalue weighted by atomic mass is 9.91. The summed E-state index contributed by atoms with van der Waals surface area (Å²) in [4.78, 5) is 15.6. The molecule has 0 spiro atoms. The van der Waals surface area contributed by atoms with Crippen molar-refractivity contribution in [3.63, 3.8) is 0 Å². The number of hydrogen-bond donors (Lipinski definition) is 0. The Balaban J connectivity index is 1.06. The SMILES string of the molecule is C1=CCC(c2ccc3cc(-c4nc(-c5ccc6c(c5)oc5ccc7ccccc7c56)nc(-c5cc(-c6ccccc6)c6c(c5)oc5ccccc56)n4)ccc3c2)C=C1. The van der Waals surface area contributed by atoms with Crippen LogP contribution < -0.4 is 0 Å². The van der Waals surface area contributed by atoms with Gasteiger partial charge in [-0.25, -0.2) is 15.0 Å². The molecule has 5 heteroatoms. The molecule has 3 aromatic heterocycles. The molecular formula is C53H33N3O2. The van der Waals surface area contributed by atoms with E-state index in [2.05, 4.69) is 164 Å². The lowest BCUT2D eigenvalue weighted by Gasteiger charge is -2.14. The molecule has 1 aliphatic carbocycles. The summed E-state index contributed by atoms with van der Waals surface area (Å²) in [6, 6.07) is 55.0. The molecule has 5 nitrogen and oxygen atoms in total. The highest BCUT2D eigenvalue weighted by Crippen LogP contribution is 2.41. The Hall–Kier alpha value is -7.63. The summed E-state index contributed by atoms with van der Waals surface area (Å²) in [6.45, 7) is 0. The van der Waals surface area contributed by atoms with Gasteiger partial charge in [-0.1, -0.05) is 140 Å². The smallest absolute Gasteiger partial charge is 0.164 e. The monoisotopic (exact) mass is 743 g/mol. The summed E-state index contributed by atoms with van der Waals surface area (Å²) in [6.07, 6.45) is 9.78. The van der Waals surface area contributed by atoms with Crippen LogP contribution in [0.15, 0.2) is 191 Å². The third-order valence-corrected chi connectivity index (χ3v) is 11.6. The molecule has 58 heavy (non-hydrogen) atoms. The zero-order valence-electron chi connectivity index (χ0n) is 31.3. The molecule has 0 saturated heterocycles. The molecule has 1 unspecified atom stereocenters. The molecule has 1 aliphatic rings. The van der Waals surface area contributed by atoms with Gasteiger partial charge in [-0.15, -0.1) is 0 Å². The topological polar surface area (TPSA) is 65.0 Å². The first-order valence-electron chi connectivity index (χ1n) is 19.7. The van der Waals surface area contributed by atoms with Crippen LogP contribution in [0.1, 0.15) is 17.9 Å². The van der Waals surface area contributed by atoms with Crippen LogP contribution in [0.2, 0.25) is 0 Å². The third-order valence-electron chi connectivity index (χ3n) is 11.6. The Bertz CT molecular complexity index is 3500. The number of fused-ring (bicyclic) bond motifs is 9. The summed E-state index contributed by atoms with van der Waals surface area (Å²) >= 11 is 0. The van der Waals surface area contributed by atoms with Crippen molar-refractivity contribution < 1.29 is 8.83 Å². The Morgan fingerprint density at radius 1 is 0.414 bits per heavy atom. The number of para-hydroxylation sites is 1. The first-order chi connectivity index (χ1) is 28.7. The van der Waals surface area contributed by atoms with Gasteiger partial charge in [0.1, 0.15) is 22.3 Å². The van der Waals surface area contributed by atoms with E-state index in [1.807, 2.05) is 18.2 Å². The number of furan rings is 2. The average molecular weight is 744 g/mol. The van der Waals surface area contributed by atoms with Crippen LogP contribution in [0.4, 0.5) is 0 Å². The highest BCUT2D eigenvalue weighted by Gasteiger charge is 2.20. The van der Waals surface area contributed by atoms with Crippen molar-refractivity contribution in [1.29, 1.82) is 0 Å². The van der Waals surface area contributed by atoms with Crippen LogP contribution in [-0.4, -0.2) is 15.0 Å². The van der Waals surface area contributed by atoms with Gasteiger partial charge < -0.3 is 8.83 Å². The number of aromatic nitrogens is 3. The molecule has 0 radical (unpaired) electrons. The van der Waals surface area contributed by atoms with Gasteiger partial charge in [0.05, 0.1) is 0 Å². The van der Waals surface area contributed by atoms with Crippen LogP contribution in [0.25, 0.3) is 111 Å². The molecule has 0 N–H and O–H groups in total. The fraction of sp³-hybridized carbons (Fsp3) is 0.0377. The van der Waals surface area contributed by atoms with Gasteiger partial charge in [0.25, 0.3) is 0 Å². The second kappa shape index (κ2) is 13.0. The second-order valence-electron chi connectivity index (χ2n) is 15.1. The normalized spacial score (nSPS) is 14.2. The van der Waals surface area contributed by atoms with Crippen molar-refractivity contribution in [2.75, 3.05) is 0 Å². The number of hydrogen-bond acceptors (Lipinski definition) is 5. The highest BCUT2D eigenvalue weighted by atomic mass is 16.3. The molecule has 272 valence electrons. The van der Waals surface area contributed by atoms with Gasteiger partial charge in [-0.2, -0.15) is 0 Å². The van der Waals surface area contributed by atoms with Gasteiger partial charge >= 0.3 is 0 Å². The molecule has 0 fully saturated rings. The minimum Gasteiger partial charge on any atom is -0.456 e. The maximum absolute atomic E-state index is 6.52. The van der Waals surface area contributed by atoms with Crippen molar-refractivity contribution in [1.82, 2.24) is 15.0 Å². The molecule has 0 amide bonds. The van der Waals surface area contributed by atoms with Crippen molar-refractivity contribution in [2.45, 2.75) is 12.3 Å². The predicted octanol–water partition coefficient (Wildman–Crippen LogP) is 14.2. The van der Waals surface area contributed by atoms with Crippen LogP contribution >= 0.6 is 0 Å². The van der Waals surface area contributed by atoms with E-state index in [1.54, 1.807) is 0 Å². The summed E-state index contributed by atoms with van der Waals surface area (Å²) in [5.41, 5.74) is 9.31. The molecule has 1 atom stereocenters. The van der Waals surface area contributed by atoms with E-state index in [0.717, 1.165) is 83.5 Å². The van der Waals surface area contributed by atoms with Gasteiger partial charge in [0.15, 0.2) is 17.5 Å². The minimum absolute atomic E-state index is 0.385. The first kappa shape index (κ1) is 32.6. The van der Waals surface area contributed by atoms with Crippen LogP contribution in [-0.2, 0) is 0 Å². The number of nitrogens with zero attached hydrogens (tertiary/aromatic N) is 3.